The van der Waals surface area contributed by atoms with Gasteiger partial charge < -0.3 is 14.7 Å². The lowest BCUT2D eigenvalue weighted by Gasteiger charge is -2.11. The average molecular weight is 325 g/mol. The third-order valence-electron chi connectivity index (χ3n) is 4.20. The zero-order valence-electron chi connectivity index (χ0n) is 14.6. The Hall–Kier alpha value is -2.56. The van der Waals surface area contributed by atoms with Crippen LogP contribution in [0.1, 0.15) is 36.5 Å². The predicted octanol–water partition coefficient (Wildman–Crippen LogP) is 3.36. The van der Waals surface area contributed by atoms with Gasteiger partial charge in [-0.1, -0.05) is 32.0 Å². The monoisotopic (exact) mass is 325 g/mol. The average Bonchev–Trinajstić information content (AvgIpc) is 2.85. The number of fused-ring (bicyclic) bond motifs is 1. The normalized spacial score (nSPS) is 11.4. The van der Waals surface area contributed by atoms with Gasteiger partial charge in [0.15, 0.2) is 0 Å². The topological polar surface area (TPSA) is 70.8 Å². The van der Waals surface area contributed by atoms with Gasteiger partial charge in [-0.3, -0.25) is 4.79 Å². The van der Waals surface area contributed by atoms with Gasteiger partial charge in [0.25, 0.3) is 5.56 Å². The SMILES string of the molecule is COc1nc(CC(C)C)c(=O)[nH]c1Cc1c(C)[nH]c2ccccc12. The van der Waals surface area contributed by atoms with Crippen LogP contribution < -0.4 is 10.3 Å². The van der Waals surface area contributed by atoms with Gasteiger partial charge in [-0.15, -0.1) is 0 Å². The summed E-state index contributed by atoms with van der Waals surface area (Å²) in [6.45, 7) is 6.17. The van der Waals surface area contributed by atoms with Crippen molar-refractivity contribution in [2.75, 3.05) is 7.11 Å². The van der Waals surface area contributed by atoms with Gasteiger partial charge in [-0.2, -0.15) is 0 Å². The van der Waals surface area contributed by atoms with Crippen molar-refractivity contribution in [1.82, 2.24) is 15.0 Å². The molecule has 0 aliphatic rings. The molecule has 0 saturated carbocycles. The number of aromatic amines is 2. The second-order valence-electron chi connectivity index (χ2n) is 6.55. The number of hydrogen-bond acceptors (Lipinski definition) is 3. The number of nitrogens with zero attached hydrogens (tertiary/aromatic N) is 1. The molecule has 3 aromatic rings. The summed E-state index contributed by atoms with van der Waals surface area (Å²) in [5, 5.41) is 1.16. The molecule has 1 aromatic carbocycles. The van der Waals surface area contributed by atoms with Gasteiger partial charge in [-0.25, -0.2) is 4.98 Å². The van der Waals surface area contributed by atoms with Crippen LogP contribution in [-0.2, 0) is 12.8 Å². The molecule has 3 rings (SSSR count). The third kappa shape index (κ3) is 3.07. The van der Waals surface area contributed by atoms with Gasteiger partial charge in [0.05, 0.1) is 12.8 Å². The Bertz CT molecular complexity index is 922. The molecule has 2 N–H and O–H groups in total. The van der Waals surface area contributed by atoms with E-state index in [-0.39, 0.29) is 5.56 Å². The molecule has 0 fully saturated rings. The van der Waals surface area contributed by atoms with Gasteiger partial charge in [0, 0.05) is 23.0 Å². The van der Waals surface area contributed by atoms with E-state index >= 15 is 0 Å². The Morgan fingerprint density at radius 3 is 2.67 bits per heavy atom. The van der Waals surface area contributed by atoms with E-state index in [4.69, 9.17) is 4.74 Å². The molecule has 5 heteroatoms. The molecule has 0 radical (unpaired) electrons. The summed E-state index contributed by atoms with van der Waals surface area (Å²) < 4.78 is 5.43. The van der Waals surface area contributed by atoms with E-state index in [9.17, 15) is 4.79 Å². The molecule has 0 unspecified atom stereocenters. The van der Waals surface area contributed by atoms with Crippen LogP contribution in [0.5, 0.6) is 5.88 Å². The lowest BCUT2D eigenvalue weighted by atomic mass is 10.1. The van der Waals surface area contributed by atoms with Crippen molar-refractivity contribution < 1.29 is 4.74 Å². The molecular formula is C19H23N3O2. The molecule has 0 bridgehead atoms. The lowest BCUT2D eigenvalue weighted by Crippen LogP contribution is -2.20. The van der Waals surface area contributed by atoms with Crippen LogP contribution in [0.15, 0.2) is 29.1 Å². The van der Waals surface area contributed by atoms with Crippen LogP contribution in [0.2, 0.25) is 0 Å². The first kappa shape index (κ1) is 16.3. The van der Waals surface area contributed by atoms with Gasteiger partial charge in [-0.05, 0) is 30.9 Å². The fourth-order valence-electron chi connectivity index (χ4n) is 3.06. The number of hydrogen-bond donors (Lipinski definition) is 2. The number of benzene rings is 1. The first-order chi connectivity index (χ1) is 11.5. The molecule has 0 amide bonds. The quantitative estimate of drug-likeness (QED) is 0.755. The van der Waals surface area contributed by atoms with Crippen molar-refractivity contribution >= 4 is 10.9 Å². The van der Waals surface area contributed by atoms with Crippen molar-refractivity contribution in [1.29, 1.82) is 0 Å². The van der Waals surface area contributed by atoms with Crippen LogP contribution in [0, 0.1) is 12.8 Å². The molecule has 24 heavy (non-hydrogen) atoms. The Morgan fingerprint density at radius 2 is 1.96 bits per heavy atom. The van der Waals surface area contributed by atoms with E-state index in [1.54, 1.807) is 7.11 Å². The number of para-hydroxylation sites is 1. The molecule has 0 spiro atoms. The Morgan fingerprint density at radius 1 is 1.21 bits per heavy atom. The number of H-pyrrole nitrogens is 2. The fraction of sp³-hybridized carbons (Fsp3) is 0.368. The standard InChI is InChI=1S/C19H23N3O2/c1-11(2)9-16-18(23)21-17(19(22-16)24-4)10-14-12(3)20-15-8-6-5-7-13(14)15/h5-8,11,20H,9-10H2,1-4H3,(H,21,23). The first-order valence-corrected chi connectivity index (χ1v) is 8.21. The molecule has 0 atom stereocenters. The molecule has 126 valence electrons. The van der Waals surface area contributed by atoms with Crippen molar-refractivity contribution in [2.45, 2.75) is 33.6 Å². The van der Waals surface area contributed by atoms with Crippen molar-refractivity contribution in [2.24, 2.45) is 5.92 Å². The molecule has 0 aliphatic carbocycles. The van der Waals surface area contributed by atoms with Crippen molar-refractivity contribution in [3.05, 3.63) is 57.3 Å². The van der Waals surface area contributed by atoms with E-state index in [1.807, 2.05) is 19.1 Å². The largest absolute Gasteiger partial charge is 0.480 e. The summed E-state index contributed by atoms with van der Waals surface area (Å²) >= 11 is 0. The number of rotatable bonds is 5. The Labute approximate surface area is 141 Å². The van der Waals surface area contributed by atoms with Crippen LogP contribution in [-0.4, -0.2) is 22.1 Å². The summed E-state index contributed by atoms with van der Waals surface area (Å²) in [7, 11) is 1.59. The smallest absolute Gasteiger partial charge is 0.270 e. The Balaban J connectivity index is 2.04. The summed E-state index contributed by atoms with van der Waals surface area (Å²) in [5.41, 5.74) is 4.44. The Kier molecular flexibility index (Phi) is 4.42. The molecule has 2 heterocycles. The highest BCUT2D eigenvalue weighted by molar-refractivity contribution is 5.84. The van der Waals surface area contributed by atoms with E-state index in [0.29, 0.717) is 36.0 Å². The highest BCUT2D eigenvalue weighted by Gasteiger charge is 2.16. The van der Waals surface area contributed by atoms with Crippen LogP contribution in [0.3, 0.4) is 0 Å². The molecule has 2 aromatic heterocycles. The minimum atomic E-state index is -0.128. The molecule has 5 nitrogen and oxygen atoms in total. The number of methoxy groups -OCH3 is 1. The minimum absolute atomic E-state index is 0.128. The van der Waals surface area contributed by atoms with E-state index in [0.717, 1.165) is 22.2 Å². The molecule has 0 saturated heterocycles. The zero-order chi connectivity index (χ0) is 17.3. The van der Waals surface area contributed by atoms with Crippen LogP contribution >= 0.6 is 0 Å². The van der Waals surface area contributed by atoms with Crippen molar-refractivity contribution in [3.63, 3.8) is 0 Å². The van der Waals surface area contributed by atoms with Crippen LogP contribution in [0.4, 0.5) is 0 Å². The maximum absolute atomic E-state index is 12.3. The second kappa shape index (κ2) is 6.51. The maximum Gasteiger partial charge on any atom is 0.270 e. The summed E-state index contributed by atoms with van der Waals surface area (Å²) in [6, 6.07) is 8.16. The van der Waals surface area contributed by atoms with Gasteiger partial charge in [0.1, 0.15) is 5.69 Å². The molecular weight excluding hydrogens is 302 g/mol. The maximum atomic E-state index is 12.3. The van der Waals surface area contributed by atoms with E-state index in [1.165, 1.54) is 0 Å². The number of aryl methyl sites for hydroxylation is 1. The minimum Gasteiger partial charge on any atom is -0.480 e. The van der Waals surface area contributed by atoms with E-state index in [2.05, 4.69) is 40.9 Å². The van der Waals surface area contributed by atoms with Gasteiger partial charge in [0.2, 0.25) is 5.88 Å². The van der Waals surface area contributed by atoms with E-state index < -0.39 is 0 Å². The first-order valence-electron chi connectivity index (χ1n) is 8.21. The van der Waals surface area contributed by atoms with Crippen molar-refractivity contribution in [3.8, 4) is 5.88 Å². The van der Waals surface area contributed by atoms with Gasteiger partial charge >= 0.3 is 0 Å². The summed E-state index contributed by atoms with van der Waals surface area (Å²) in [4.78, 5) is 23.1. The number of nitrogens with one attached hydrogen (secondary N) is 2. The zero-order valence-corrected chi connectivity index (χ0v) is 14.6. The summed E-state index contributed by atoms with van der Waals surface area (Å²) in [6.07, 6.45) is 1.21. The van der Waals surface area contributed by atoms with Crippen LogP contribution in [0.25, 0.3) is 10.9 Å². The second-order valence-corrected chi connectivity index (χ2v) is 6.55. The third-order valence-corrected chi connectivity index (χ3v) is 4.20. The molecule has 0 aliphatic heterocycles. The fourth-order valence-corrected chi connectivity index (χ4v) is 3.06. The summed E-state index contributed by atoms with van der Waals surface area (Å²) in [5.74, 6) is 0.861. The number of ether oxygens (including phenoxy) is 1. The predicted molar refractivity (Wildman–Crippen MR) is 95.8 cm³/mol. The highest BCUT2D eigenvalue weighted by atomic mass is 16.5. The highest BCUT2D eigenvalue weighted by Crippen LogP contribution is 2.26. The lowest BCUT2D eigenvalue weighted by molar-refractivity contribution is 0.386. The number of aromatic nitrogens is 3.